The van der Waals surface area contributed by atoms with Crippen molar-refractivity contribution in [3.05, 3.63) is 40.2 Å². The molecule has 0 atom stereocenters. The van der Waals surface area contributed by atoms with Gasteiger partial charge >= 0.3 is 0 Å². The zero-order valence-electron chi connectivity index (χ0n) is 9.34. The molecule has 0 spiro atoms. The number of nitrogens with one attached hydrogen (secondary N) is 1. The average Bonchev–Trinajstić information content (AvgIpc) is 2.63. The zero-order valence-corrected chi connectivity index (χ0v) is 10.1. The lowest BCUT2D eigenvalue weighted by Gasteiger charge is -2.03. The van der Waals surface area contributed by atoms with Crippen molar-refractivity contribution in [3.8, 4) is 11.4 Å². The number of aromatic amines is 1. The zero-order chi connectivity index (χ0) is 11.7. The van der Waals surface area contributed by atoms with Gasteiger partial charge in [0.05, 0.1) is 5.69 Å². The van der Waals surface area contributed by atoms with Crippen molar-refractivity contribution in [1.29, 1.82) is 0 Å². The molecule has 0 aliphatic heterocycles. The molecule has 2 rings (SSSR count). The first kappa shape index (κ1) is 11.2. The fraction of sp³-hybridized carbons (Fsp3) is 0.250. The van der Waals surface area contributed by atoms with Gasteiger partial charge < -0.3 is 10.7 Å². The fourth-order valence-corrected chi connectivity index (χ4v) is 1.85. The lowest BCUT2D eigenvalue weighted by molar-refractivity contribution is 1.01. The van der Waals surface area contributed by atoms with Gasteiger partial charge in [-0.2, -0.15) is 0 Å². The minimum absolute atomic E-state index is 0.372. The molecule has 4 heteroatoms. The van der Waals surface area contributed by atoms with Crippen LogP contribution in [0.25, 0.3) is 11.4 Å². The Hall–Kier alpha value is -1.32. The summed E-state index contributed by atoms with van der Waals surface area (Å²) in [7, 11) is 0. The quantitative estimate of drug-likeness (QED) is 0.841. The number of rotatable bonds is 2. The van der Waals surface area contributed by atoms with E-state index in [1.807, 2.05) is 6.92 Å². The van der Waals surface area contributed by atoms with E-state index in [0.717, 1.165) is 17.1 Å². The van der Waals surface area contributed by atoms with Gasteiger partial charge in [0.15, 0.2) is 5.15 Å². The molecule has 3 nitrogen and oxygen atoms in total. The van der Waals surface area contributed by atoms with Crippen LogP contribution in [0, 0.1) is 13.8 Å². The molecule has 1 aromatic carbocycles. The largest absolute Gasteiger partial charge is 0.339 e. The van der Waals surface area contributed by atoms with Crippen molar-refractivity contribution in [2.75, 3.05) is 0 Å². The van der Waals surface area contributed by atoms with Crippen LogP contribution in [0.15, 0.2) is 18.2 Å². The summed E-state index contributed by atoms with van der Waals surface area (Å²) >= 11 is 5.96. The van der Waals surface area contributed by atoms with Crippen LogP contribution >= 0.6 is 11.6 Å². The van der Waals surface area contributed by atoms with Crippen LogP contribution in [0.5, 0.6) is 0 Å². The number of hydrogen-bond donors (Lipinski definition) is 2. The summed E-state index contributed by atoms with van der Waals surface area (Å²) in [6, 6.07) is 6.24. The number of benzene rings is 1. The van der Waals surface area contributed by atoms with Crippen molar-refractivity contribution >= 4 is 11.6 Å². The third-order valence-electron chi connectivity index (χ3n) is 2.58. The topological polar surface area (TPSA) is 54.7 Å². The van der Waals surface area contributed by atoms with Crippen LogP contribution in [0.2, 0.25) is 5.15 Å². The number of nitrogens with two attached hydrogens (primary N) is 1. The summed E-state index contributed by atoms with van der Waals surface area (Å²) < 4.78 is 0. The number of aromatic nitrogens is 2. The van der Waals surface area contributed by atoms with Gasteiger partial charge in [-0.05, 0) is 25.5 Å². The Morgan fingerprint density at radius 2 is 2.12 bits per heavy atom. The summed E-state index contributed by atoms with van der Waals surface area (Å²) in [5.41, 5.74) is 9.76. The van der Waals surface area contributed by atoms with Gasteiger partial charge in [-0.25, -0.2) is 4.98 Å². The maximum Gasteiger partial charge on any atom is 0.152 e. The highest BCUT2D eigenvalue weighted by molar-refractivity contribution is 6.30. The number of nitrogens with zero attached hydrogens (tertiary/aromatic N) is 1. The van der Waals surface area contributed by atoms with Gasteiger partial charge in [0.25, 0.3) is 0 Å². The van der Waals surface area contributed by atoms with E-state index in [1.165, 1.54) is 11.1 Å². The normalized spacial score (nSPS) is 10.8. The summed E-state index contributed by atoms with van der Waals surface area (Å²) in [6.07, 6.45) is 0. The molecule has 0 saturated heterocycles. The fourth-order valence-electron chi connectivity index (χ4n) is 1.64. The van der Waals surface area contributed by atoms with Crippen LogP contribution in [-0.4, -0.2) is 9.97 Å². The lowest BCUT2D eigenvalue weighted by Crippen LogP contribution is -1.96. The Balaban J connectivity index is 2.53. The van der Waals surface area contributed by atoms with E-state index in [-0.39, 0.29) is 0 Å². The van der Waals surface area contributed by atoms with Crippen LogP contribution in [-0.2, 0) is 6.54 Å². The molecule has 0 unspecified atom stereocenters. The molecule has 1 aromatic heterocycles. The van der Waals surface area contributed by atoms with E-state index < -0.39 is 0 Å². The highest BCUT2D eigenvalue weighted by Gasteiger charge is 2.10. The summed E-state index contributed by atoms with van der Waals surface area (Å²) in [5.74, 6) is 0.784. The third-order valence-corrected chi connectivity index (χ3v) is 2.89. The van der Waals surface area contributed by atoms with Gasteiger partial charge in [-0.3, -0.25) is 0 Å². The molecule has 0 saturated carbocycles. The van der Waals surface area contributed by atoms with Gasteiger partial charge in [0.1, 0.15) is 5.82 Å². The molecule has 16 heavy (non-hydrogen) atoms. The molecular formula is C12H14ClN3. The van der Waals surface area contributed by atoms with Gasteiger partial charge in [-0.1, -0.05) is 29.3 Å². The molecule has 84 valence electrons. The van der Waals surface area contributed by atoms with E-state index in [4.69, 9.17) is 17.3 Å². The number of halogens is 1. The van der Waals surface area contributed by atoms with E-state index in [9.17, 15) is 0 Å². The second kappa shape index (κ2) is 4.28. The summed E-state index contributed by atoms with van der Waals surface area (Å²) in [4.78, 5) is 7.43. The minimum atomic E-state index is 0.372. The molecule has 0 fully saturated rings. The number of aryl methyl sites for hydroxylation is 2. The molecule has 0 aliphatic rings. The number of imidazole rings is 1. The summed E-state index contributed by atoms with van der Waals surface area (Å²) in [6.45, 7) is 4.47. The highest BCUT2D eigenvalue weighted by atomic mass is 35.5. The smallest absolute Gasteiger partial charge is 0.152 e. The molecule has 2 aromatic rings. The Kier molecular flexibility index (Phi) is 2.99. The van der Waals surface area contributed by atoms with Gasteiger partial charge in [0.2, 0.25) is 0 Å². The van der Waals surface area contributed by atoms with Crippen molar-refractivity contribution in [3.63, 3.8) is 0 Å². The molecule has 1 heterocycles. The monoisotopic (exact) mass is 235 g/mol. The molecule has 3 N–H and O–H groups in total. The second-order valence-corrected chi connectivity index (χ2v) is 4.24. The van der Waals surface area contributed by atoms with E-state index in [1.54, 1.807) is 0 Å². The molecule has 0 radical (unpaired) electrons. The lowest BCUT2D eigenvalue weighted by atomic mass is 10.1. The Morgan fingerprint density at radius 3 is 2.75 bits per heavy atom. The van der Waals surface area contributed by atoms with Crippen molar-refractivity contribution < 1.29 is 0 Å². The molecule has 0 bridgehead atoms. The Morgan fingerprint density at radius 1 is 1.38 bits per heavy atom. The van der Waals surface area contributed by atoms with Crippen LogP contribution < -0.4 is 5.73 Å². The number of H-pyrrole nitrogens is 1. The minimum Gasteiger partial charge on any atom is -0.339 e. The van der Waals surface area contributed by atoms with E-state index in [0.29, 0.717) is 11.7 Å². The van der Waals surface area contributed by atoms with E-state index >= 15 is 0 Å². The SMILES string of the molecule is Cc1ccc(C)c(-c2nc(Cl)c(CN)[nH]2)c1. The standard InChI is InChI=1S/C12H14ClN3/c1-7-3-4-8(2)9(5-7)12-15-10(6-14)11(13)16-12/h3-5H,6,14H2,1-2H3,(H,15,16). The van der Waals surface area contributed by atoms with Crippen molar-refractivity contribution in [2.24, 2.45) is 5.73 Å². The first-order chi connectivity index (χ1) is 7.61. The van der Waals surface area contributed by atoms with Gasteiger partial charge in [0, 0.05) is 12.1 Å². The maximum atomic E-state index is 5.96. The molecule has 0 aliphatic carbocycles. The average molecular weight is 236 g/mol. The van der Waals surface area contributed by atoms with Crippen molar-refractivity contribution in [1.82, 2.24) is 9.97 Å². The van der Waals surface area contributed by atoms with E-state index in [2.05, 4.69) is 35.1 Å². The maximum absolute atomic E-state index is 5.96. The number of hydrogen-bond acceptors (Lipinski definition) is 2. The predicted molar refractivity (Wildman–Crippen MR) is 66.4 cm³/mol. The van der Waals surface area contributed by atoms with Crippen molar-refractivity contribution in [2.45, 2.75) is 20.4 Å². The Labute approximate surface area is 99.7 Å². The van der Waals surface area contributed by atoms with Crippen LogP contribution in [0.4, 0.5) is 0 Å². The summed E-state index contributed by atoms with van der Waals surface area (Å²) in [5, 5.41) is 0.457. The second-order valence-electron chi connectivity index (χ2n) is 3.88. The van der Waals surface area contributed by atoms with Crippen LogP contribution in [0.3, 0.4) is 0 Å². The first-order valence-corrected chi connectivity index (χ1v) is 5.51. The Bertz CT molecular complexity index is 517. The third kappa shape index (κ3) is 1.96. The highest BCUT2D eigenvalue weighted by Crippen LogP contribution is 2.24. The molecular weight excluding hydrogens is 222 g/mol. The van der Waals surface area contributed by atoms with Gasteiger partial charge in [-0.15, -0.1) is 0 Å². The van der Waals surface area contributed by atoms with Crippen LogP contribution in [0.1, 0.15) is 16.8 Å². The first-order valence-electron chi connectivity index (χ1n) is 5.14. The predicted octanol–water partition coefficient (Wildman–Crippen LogP) is 2.81. The molecule has 0 amide bonds.